The number of halogens is 2. The van der Waals surface area contributed by atoms with Crippen molar-refractivity contribution in [2.45, 2.75) is 19.9 Å². The van der Waals surface area contributed by atoms with Gasteiger partial charge in [-0.05, 0) is 32.2 Å². The smallest absolute Gasteiger partial charge is 0.224 e. The minimum absolute atomic E-state index is 0.0335. The molecule has 1 amide bonds. The van der Waals surface area contributed by atoms with Crippen LogP contribution in [0, 0.1) is 5.82 Å². The maximum Gasteiger partial charge on any atom is 0.224 e. The summed E-state index contributed by atoms with van der Waals surface area (Å²) in [5.74, 6) is -0.246. The van der Waals surface area contributed by atoms with E-state index in [1.165, 1.54) is 6.07 Å². The maximum absolute atomic E-state index is 13.6. The molecule has 0 heterocycles. The van der Waals surface area contributed by atoms with Gasteiger partial charge in [0.2, 0.25) is 5.91 Å². The highest BCUT2D eigenvalue weighted by molar-refractivity contribution is 9.10. The molecule has 18 heavy (non-hydrogen) atoms. The van der Waals surface area contributed by atoms with Crippen molar-refractivity contribution in [1.82, 2.24) is 10.2 Å². The van der Waals surface area contributed by atoms with Crippen LogP contribution in [0.15, 0.2) is 22.7 Å². The van der Waals surface area contributed by atoms with E-state index in [1.54, 1.807) is 24.1 Å². The molecule has 0 fully saturated rings. The van der Waals surface area contributed by atoms with E-state index in [0.29, 0.717) is 31.6 Å². The molecule has 1 rings (SSSR count). The van der Waals surface area contributed by atoms with Gasteiger partial charge in [-0.1, -0.05) is 15.9 Å². The van der Waals surface area contributed by atoms with Crippen LogP contribution in [0.1, 0.15) is 18.9 Å². The van der Waals surface area contributed by atoms with Crippen LogP contribution < -0.4 is 5.32 Å². The van der Waals surface area contributed by atoms with Crippen molar-refractivity contribution in [2.24, 2.45) is 0 Å². The van der Waals surface area contributed by atoms with Gasteiger partial charge in [0.05, 0.1) is 0 Å². The topological polar surface area (TPSA) is 32.3 Å². The van der Waals surface area contributed by atoms with Gasteiger partial charge in [-0.2, -0.15) is 0 Å². The van der Waals surface area contributed by atoms with Crippen molar-refractivity contribution in [2.75, 3.05) is 20.1 Å². The van der Waals surface area contributed by atoms with Gasteiger partial charge in [-0.3, -0.25) is 4.79 Å². The molecule has 3 nitrogen and oxygen atoms in total. The van der Waals surface area contributed by atoms with E-state index >= 15 is 0 Å². The van der Waals surface area contributed by atoms with Crippen molar-refractivity contribution >= 4 is 21.8 Å². The second-order valence-electron chi connectivity index (χ2n) is 4.00. The maximum atomic E-state index is 13.6. The summed E-state index contributed by atoms with van der Waals surface area (Å²) in [6, 6.07) is 4.77. The van der Waals surface area contributed by atoms with Gasteiger partial charge < -0.3 is 10.2 Å². The summed E-state index contributed by atoms with van der Waals surface area (Å²) in [6.07, 6.45) is 0.431. The molecular weight excluding hydrogens is 299 g/mol. The largest absolute Gasteiger partial charge is 0.338 e. The number of amides is 1. The first-order chi connectivity index (χ1) is 8.58. The van der Waals surface area contributed by atoms with Gasteiger partial charge in [0.15, 0.2) is 0 Å². The number of nitrogens with one attached hydrogen (secondary N) is 1. The number of nitrogens with zero attached hydrogens (tertiary/aromatic N) is 1. The van der Waals surface area contributed by atoms with Crippen LogP contribution >= 0.6 is 15.9 Å². The number of hydrogen-bond donors (Lipinski definition) is 1. The normalized spacial score (nSPS) is 10.4. The van der Waals surface area contributed by atoms with Gasteiger partial charge in [-0.25, -0.2) is 4.39 Å². The van der Waals surface area contributed by atoms with Crippen LogP contribution in [0.2, 0.25) is 0 Å². The molecule has 0 aromatic heterocycles. The Morgan fingerprint density at radius 3 is 2.83 bits per heavy atom. The van der Waals surface area contributed by atoms with Crippen LogP contribution in [0.5, 0.6) is 0 Å². The Morgan fingerprint density at radius 1 is 1.50 bits per heavy atom. The zero-order chi connectivity index (χ0) is 13.5. The van der Waals surface area contributed by atoms with Crippen LogP contribution in [0.3, 0.4) is 0 Å². The van der Waals surface area contributed by atoms with Crippen molar-refractivity contribution in [1.29, 1.82) is 0 Å². The summed E-state index contributed by atoms with van der Waals surface area (Å²) >= 11 is 3.31. The molecule has 0 saturated heterocycles. The van der Waals surface area contributed by atoms with E-state index in [1.807, 2.05) is 6.92 Å². The number of rotatable bonds is 6. The Kier molecular flexibility index (Phi) is 6.29. The average molecular weight is 317 g/mol. The molecule has 1 N–H and O–H groups in total. The first kappa shape index (κ1) is 15.1. The molecule has 0 atom stereocenters. The summed E-state index contributed by atoms with van der Waals surface area (Å²) in [5, 5.41) is 2.93. The molecule has 0 bridgehead atoms. The van der Waals surface area contributed by atoms with Crippen LogP contribution in [-0.2, 0) is 11.3 Å². The molecule has 0 aliphatic carbocycles. The molecular formula is C13H18BrFN2O. The molecule has 1 aromatic carbocycles. The Labute approximate surface area is 115 Å². The highest BCUT2D eigenvalue weighted by Crippen LogP contribution is 2.17. The molecule has 5 heteroatoms. The summed E-state index contributed by atoms with van der Waals surface area (Å²) < 4.78 is 14.4. The second kappa shape index (κ2) is 7.48. The first-order valence-corrected chi connectivity index (χ1v) is 6.74. The zero-order valence-electron chi connectivity index (χ0n) is 10.7. The van der Waals surface area contributed by atoms with Crippen molar-refractivity contribution < 1.29 is 9.18 Å². The number of carbonyl (C=O) groups excluding carboxylic acids is 1. The van der Waals surface area contributed by atoms with Crippen LogP contribution in [0.4, 0.5) is 4.39 Å². The van der Waals surface area contributed by atoms with Gasteiger partial charge in [0.25, 0.3) is 0 Å². The lowest BCUT2D eigenvalue weighted by Gasteiger charge is -2.21. The fourth-order valence-corrected chi connectivity index (χ4v) is 2.04. The van der Waals surface area contributed by atoms with E-state index in [9.17, 15) is 9.18 Å². The molecule has 0 radical (unpaired) electrons. The summed E-state index contributed by atoms with van der Waals surface area (Å²) in [4.78, 5) is 13.5. The fraction of sp³-hybridized carbons (Fsp3) is 0.462. The molecule has 0 aliphatic rings. The minimum Gasteiger partial charge on any atom is -0.338 e. The van der Waals surface area contributed by atoms with E-state index in [2.05, 4.69) is 21.2 Å². The minimum atomic E-state index is -0.280. The van der Waals surface area contributed by atoms with E-state index in [4.69, 9.17) is 0 Å². The first-order valence-electron chi connectivity index (χ1n) is 5.94. The van der Waals surface area contributed by atoms with Crippen LogP contribution in [-0.4, -0.2) is 30.9 Å². The predicted molar refractivity (Wildman–Crippen MR) is 73.7 cm³/mol. The second-order valence-corrected chi connectivity index (χ2v) is 4.91. The van der Waals surface area contributed by atoms with Crippen molar-refractivity contribution in [3.63, 3.8) is 0 Å². The van der Waals surface area contributed by atoms with Gasteiger partial charge >= 0.3 is 0 Å². The quantitative estimate of drug-likeness (QED) is 0.874. The molecule has 0 aliphatic heterocycles. The zero-order valence-corrected chi connectivity index (χ0v) is 12.3. The monoisotopic (exact) mass is 316 g/mol. The van der Waals surface area contributed by atoms with Gasteiger partial charge in [-0.15, -0.1) is 0 Å². The lowest BCUT2D eigenvalue weighted by molar-refractivity contribution is -0.131. The third kappa shape index (κ3) is 4.38. The number of hydrogen-bond acceptors (Lipinski definition) is 2. The Morgan fingerprint density at radius 2 is 2.22 bits per heavy atom. The summed E-state index contributed by atoms with van der Waals surface area (Å²) in [7, 11) is 1.80. The Hall–Kier alpha value is -0.940. The van der Waals surface area contributed by atoms with Gasteiger partial charge in [0.1, 0.15) is 5.82 Å². The molecule has 0 saturated carbocycles. The SMILES string of the molecule is CCN(Cc1cc(Br)ccc1F)C(=O)CCNC. The number of carbonyl (C=O) groups is 1. The predicted octanol–water partition coefficient (Wildman–Crippen LogP) is 2.55. The van der Waals surface area contributed by atoms with E-state index in [0.717, 1.165) is 4.47 Å². The Bertz CT molecular complexity index is 412. The van der Waals surface area contributed by atoms with Crippen molar-refractivity contribution in [3.8, 4) is 0 Å². The highest BCUT2D eigenvalue weighted by Gasteiger charge is 2.13. The lowest BCUT2D eigenvalue weighted by atomic mass is 10.2. The van der Waals surface area contributed by atoms with E-state index in [-0.39, 0.29) is 11.7 Å². The molecule has 0 unspecified atom stereocenters. The third-order valence-electron chi connectivity index (χ3n) is 2.69. The number of benzene rings is 1. The highest BCUT2D eigenvalue weighted by atomic mass is 79.9. The van der Waals surface area contributed by atoms with Crippen molar-refractivity contribution in [3.05, 3.63) is 34.1 Å². The molecule has 0 spiro atoms. The van der Waals surface area contributed by atoms with E-state index < -0.39 is 0 Å². The fourth-order valence-electron chi connectivity index (χ4n) is 1.64. The Balaban J connectivity index is 2.73. The molecule has 100 valence electrons. The summed E-state index contributed by atoms with van der Waals surface area (Å²) in [5.41, 5.74) is 0.532. The summed E-state index contributed by atoms with van der Waals surface area (Å²) in [6.45, 7) is 3.42. The lowest BCUT2D eigenvalue weighted by Crippen LogP contribution is -2.32. The average Bonchev–Trinajstić information content (AvgIpc) is 2.36. The molecule has 1 aromatic rings. The van der Waals surface area contributed by atoms with Crippen LogP contribution in [0.25, 0.3) is 0 Å². The van der Waals surface area contributed by atoms with Gasteiger partial charge in [0, 0.05) is 36.1 Å². The standard InChI is InChI=1S/C13H18BrFN2O/c1-3-17(13(18)6-7-16-2)9-10-8-11(14)4-5-12(10)15/h4-5,8,16H,3,6-7,9H2,1-2H3. The third-order valence-corrected chi connectivity index (χ3v) is 3.19.